The van der Waals surface area contributed by atoms with E-state index in [1.54, 1.807) is 0 Å². The van der Waals surface area contributed by atoms with Crippen molar-refractivity contribution in [2.45, 2.75) is 26.2 Å². The van der Waals surface area contributed by atoms with E-state index in [1.807, 2.05) is 28.0 Å². The van der Waals surface area contributed by atoms with Gasteiger partial charge < -0.3 is 14.7 Å². The van der Waals surface area contributed by atoms with Crippen LogP contribution in [0, 0.1) is 5.92 Å². The summed E-state index contributed by atoms with van der Waals surface area (Å²) in [5.41, 5.74) is 1.20. The van der Waals surface area contributed by atoms with E-state index >= 15 is 0 Å². The van der Waals surface area contributed by atoms with Crippen LogP contribution < -0.4 is 4.90 Å². The lowest BCUT2D eigenvalue weighted by atomic mass is 10.00. The standard InChI is InChI=1S/C19H27N3O2/c1-16-6-5-9-22(15-16)19(24)14-18(23)21-12-10-20(11-13-21)17-7-3-2-4-8-17/h2-4,7-8,16H,5-6,9-15H2,1H3. The van der Waals surface area contributed by atoms with E-state index in [-0.39, 0.29) is 18.2 Å². The van der Waals surface area contributed by atoms with E-state index in [0.29, 0.717) is 19.0 Å². The third-order valence-electron chi connectivity index (χ3n) is 5.07. The number of piperazine rings is 1. The Morgan fingerprint density at radius 1 is 0.958 bits per heavy atom. The van der Waals surface area contributed by atoms with Crippen molar-refractivity contribution in [1.29, 1.82) is 0 Å². The number of nitrogens with zero attached hydrogens (tertiary/aromatic N) is 3. The third-order valence-corrected chi connectivity index (χ3v) is 5.07. The zero-order chi connectivity index (χ0) is 16.9. The number of hydrogen-bond donors (Lipinski definition) is 0. The van der Waals surface area contributed by atoms with Crippen LogP contribution in [-0.4, -0.2) is 60.9 Å². The van der Waals surface area contributed by atoms with Crippen LogP contribution in [0.1, 0.15) is 26.2 Å². The number of likely N-dealkylation sites (tertiary alicyclic amines) is 1. The molecule has 2 amide bonds. The number of benzene rings is 1. The summed E-state index contributed by atoms with van der Waals surface area (Å²) in [7, 11) is 0. The minimum atomic E-state index is -0.0223. The van der Waals surface area contributed by atoms with Crippen molar-refractivity contribution >= 4 is 17.5 Å². The highest BCUT2D eigenvalue weighted by atomic mass is 16.2. The predicted octanol–water partition coefficient (Wildman–Crippen LogP) is 1.98. The van der Waals surface area contributed by atoms with Crippen molar-refractivity contribution in [2.24, 2.45) is 5.92 Å². The Balaban J connectivity index is 1.47. The van der Waals surface area contributed by atoms with E-state index in [9.17, 15) is 9.59 Å². The van der Waals surface area contributed by atoms with Gasteiger partial charge in [-0.05, 0) is 30.9 Å². The maximum atomic E-state index is 12.4. The monoisotopic (exact) mass is 329 g/mol. The van der Waals surface area contributed by atoms with Gasteiger partial charge in [-0.15, -0.1) is 0 Å². The molecule has 2 heterocycles. The molecule has 5 nitrogen and oxygen atoms in total. The Morgan fingerprint density at radius 3 is 2.29 bits per heavy atom. The molecule has 2 fully saturated rings. The molecule has 0 N–H and O–H groups in total. The van der Waals surface area contributed by atoms with Crippen LogP contribution >= 0.6 is 0 Å². The van der Waals surface area contributed by atoms with Crippen LogP contribution in [0.15, 0.2) is 30.3 Å². The van der Waals surface area contributed by atoms with Crippen LogP contribution in [-0.2, 0) is 9.59 Å². The zero-order valence-corrected chi connectivity index (χ0v) is 14.5. The molecule has 24 heavy (non-hydrogen) atoms. The van der Waals surface area contributed by atoms with Crippen LogP contribution in [0.25, 0.3) is 0 Å². The second-order valence-corrected chi connectivity index (χ2v) is 6.97. The van der Waals surface area contributed by atoms with Gasteiger partial charge in [0.15, 0.2) is 0 Å². The SMILES string of the molecule is CC1CCCN(C(=O)CC(=O)N2CCN(c3ccccc3)CC2)C1. The lowest BCUT2D eigenvalue weighted by Crippen LogP contribution is -2.50. The molecule has 0 bridgehead atoms. The van der Waals surface area contributed by atoms with Crippen LogP contribution in [0.4, 0.5) is 5.69 Å². The van der Waals surface area contributed by atoms with Gasteiger partial charge in [-0.1, -0.05) is 25.1 Å². The number of hydrogen-bond acceptors (Lipinski definition) is 3. The van der Waals surface area contributed by atoms with Gasteiger partial charge in [0.2, 0.25) is 11.8 Å². The molecule has 1 aromatic rings. The fraction of sp³-hybridized carbons (Fsp3) is 0.579. The van der Waals surface area contributed by atoms with Crippen molar-refractivity contribution in [3.05, 3.63) is 30.3 Å². The second kappa shape index (κ2) is 7.69. The summed E-state index contributed by atoms with van der Waals surface area (Å²) >= 11 is 0. The van der Waals surface area contributed by atoms with Gasteiger partial charge >= 0.3 is 0 Å². The summed E-state index contributed by atoms with van der Waals surface area (Å²) in [5, 5.41) is 0. The lowest BCUT2D eigenvalue weighted by molar-refractivity contribution is -0.141. The summed E-state index contributed by atoms with van der Waals surface area (Å²) in [6.45, 7) is 6.81. The minimum Gasteiger partial charge on any atom is -0.368 e. The fourth-order valence-electron chi connectivity index (χ4n) is 3.62. The lowest BCUT2D eigenvalue weighted by Gasteiger charge is -2.36. The topological polar surface area (TPSA) is 43.9 Å². The molecule has 5 heteroatoms. The first-order valence-electron chi connectivity index (χ1n) is 8.99. The minimum absolute atomic E-state index is 0.00274. The molecule has 0 aromatic heterocycles. The van der Waals surface area contributed by atoms with Crippen molar-refractivity contribution in [3.8, 4) is 0 Å². The van der Waals surface area contributed by atoms with E-state index in [0.717, 1.165) is 32.6 Å². The van der Waals surface area contributed by atoms with E-state index in [4.69, 9.17) is 0 Å². The molecule has 0 radical (unpaired) electrons. The Labute approximate surface area is 144 Å². The molecule has 130 valence electrons. The summed E-state index contributed by atoms with van der Waals surface area (Å²) in [6.07, 6.45) is 2.26. The second-order valence-electron chi connectivity index (χ2n) is 6.97. The summed E-state index contributed by atoms with van der Waals surface area (Å²) in [4.78, 5) is 30.8. The summed E-state index contributed by atoms with van der Waals surface area (Å²) < 4.78 is 0. The number of carbonyl (C=O) groups excluding carboxylic acids is 2. The van der Waals surface area contributed by atoms with E-state index in [2.05, 4.69) is 24.0 Å². The first-order chi connectivity index (χ1) is 11.6. The van der Waals surface area contributed by atoms with Gasteiger partial charge in [-0.2, -0.15) is 0 Å². The van der Waals surface area contributed by atoms with Crippen LogP contribution in [0.5, 0.6) is 0 Å². The van der Waals surface area contributed by atoms with Gasteiger partial charge in [0.1, 0.15) is 6.42 Å². The van der Waals surface area contributed by atoms with Crippen molar-refractivity contribution < 1.29 is 9.59 Å². The molecule has 0 aliphatic carbocycles. The molecular weight excluding hydrogens is 302 g/mol. The van der Waals surface area contributed by atoms with Gasteiger partial charge in [0, 0.05) is 45.0 Å². The molecule has 3 rings (SSSR count). The molecule has 0 spiro atoms. The largest absolute Gasteiger partial charge is 0.368 e. The Hall–Kier alpha value is -2.04. The summed E-state index contributed by atoms with van der Waals surface area (Å²) in [5.74, 6) is 0.523. The van der Waals surface area contributed by atoms with Crippen LogP contribution in [0.2, 0.25) is 0 Å². The third kappa shape index (κ3) is 4.08. The van der Waals surface area contributed by atoms with E-state index < -0.39 is 0 Å². The molecule has 1 atom stereocenters. The number of carbonyl (C=O) groups is 2. The first-order valence-corrected chi connectivity index (χ1v) is 8.99. The normalized spacial score (nSPS) is 21.7. The molecule has 2 aliphatic heterocycles. The first kappa shape index (κ1) is 16.8. The number of piperidine rings is 1. The molecule has 0 saturated carbocycles. The Kier molecular flexibility index (Phi) is 5.38. The predicted molar refractivity (Wildman–Crippen MR) is 94.8 cm³/mol. The smallest absolute Gasteiger partial charge is 0.232 e. The molecular formula is C19H27N3O2. The Bertz CT molecular complexity index is 567. The molecule has 2 saturated heterocycles. The quantitative estimate of drug-likeness (QED) is 0.797. The average Bonchev–Trinajstić information content (AvgIpc) is 2.62. The average molecular weight is 329 g/mol. The summed E-state index contributed by atoms with van der Waals surface area (Å²) in [6, 6.07) is 10.3. The van der Waals surface area contributed by atoms with Crippen molar-refractivity contribution in [3.63, 3.8) is 0 Å². The van der Waals surface area contributed by atoms with Gasteiger partial charge in [0.25, 0.3) is 0 Å². The highest BCUT2D eigenvalue weighted by Crippen LogP contribution is 2.18. The number of rotatable bonds is 3. The fourth-order valence-corrected chi connectivity index (χ4v) is 3.62. The molecule has 1 unspecified atom stereocenters. The number of amides is 2. The van der Waals surface area contributed by atoms with Crippen molar-refractivity contribution in [1.82, 2.24) is 9.80 Å². The highest BCUT2D eigenvalue weighted by Gasteiger charge is 2.26. The van der Waals surface area contributed by atoms with Crippen LogP contribution in [0.3, 0.4) is 0 Å². The van der Waals surface area contributed by atoms with Gasteiger partial charge in [-0.25, -0.2) is 0 Å². The Morgan fingerprint density at radius 2 is 1.62 bits per heavy atom. The zero-order valence-electron chi connectivity index (χ0n) is 14.5. The van der Waals surface area contributed by atoms with Gasteiger partial charge in [0.05, 0.1) is 0 Å². The highest BCUT2D eigenvalue weighted by molar-refractivity contribution is 5.97. The molecule has 2 aliphatic rings. The molecule has 1 aromatic carbocycles. The van der Waals surface area contributed by atoms with E-state index in [1.165, 1.54) is 12.1 Å². The van der Waals surface area contributed by atoms with Crippen molar-refractivity contribution in [2.75, 3.05) is 44.2 Å². The van der Waals surface area contributed by atoms with Gasteiger partial charge in [-0.3, -0.25) is 9.59 Å². The maximum absolute atomic E-state index is 12.4. The number of anilines is 1. The maximum Gasteiger partial charge on any atom is 0.232 e. The number of para-hydroxylation sites is 1.